The molecule has 3 aromatic rings. The summed E-state index contributed by atoms with van der Waals surface area (Å²) in [7, 11) is 0. The standard InChI is InChI=1S/C13H9BrN4O/c14-10-2-1-7-16-11(10)12-17-13(19-18-12)8-3-5-9(15)6-4-8/h1-7H,15H2. The molecule has 0 spiro atoms. The average Bonchev–Trinajstić information content (AvgIpc) is 2.89. The van der Waals surface area contributed by atoms with Crippen LogP contribution in [0.3, 0.4) is 0 Å². The first-order valence-electron chi connectivity index (χ1n) is 5.54. The van der Waals surface area contributed by atoms with Gasteiger partial charge >= 0.3 is 0 Å². The summed E-state index contributed by atoms with van der Waals surface area (Å²) >= 11 is 3.41. The molecular weight excluding hydrogens is 308 g/mol. The number of nitrogen functional groups attached to an aromatic ring is 1. The minimum atomic E-state index is 0.438. The van der Waals surface area contributed by atoms with Crippen LogP contribution in [0.15, 0.2) is 51.6 Å². The number of aromatic nitrogens is 3. The Morgan fingerprint density at radius 2 is 1.89 bits per heavy atom. The van der Waals surface area contributed by atoms with Crippen LogP contribution in [0, 0.1) is 0 Å². The normalized spacial score (nSPS) is 10.6. The zero-order chi connectivity index (χ0) is 13.2. The van der Waals surface area contributed by atoms with Crippen molar-refractivity contribution in [2.45, 2.75) is 0 Å². The van der Waals surface area contributed by atoms with Crippen LogP contribution in [0.25, 0.3) is 23.0 Å². The number of hydrogen-bond acceptors (Lipinski definition) is 5. The third-order valence-corrected chi connectivity index (χ3v) is 3.19. The van der Waals surface area contributed by atoms with E-state index in [1.807, 2.05) is 24.3 Å². The maximum atomic E-state index is 5.64. The first-order valence-corrected chi connectivity index (χ1v) is 6.34. The van der Waals surface area contributed by atoms with Crippen molar-refractivity contribution in [2.75, 3.05) is 5.73 Å². The first-order chi connectivity index (χ1) is 9.24. The fourth-order valence-electron chi connectivity index (χ4n) is 1.61. The minimum Gasteiger partial charge on any atom is -0.399 e. The number of hydrogen-bond donors (Lipinski definition) is 1. The molecule has 5 nitrogen and oxygen atoms in total. The van der Waals surface area contributed by atoms with Gasteiger partial charge in [0.25, 0.3) is 5.89 Å². The summed E-state index contributed by atoms with van der Waals surface area (Å²) in [5.41, 5.74) is 7.79. The van der Waals surface area contributed by atoms with Gasteiger partial charge in [-0.05, 0) is 52.3 Å². The van der Waals surface area contributed by atoms with Crippen LogP contribution in [0.4, 0.5) is 5.69 Å². The second kappa shape index (κ2) is 4.81. The molecule has 3 rings (SSSR count). The third kappa shape index (κ3) is 2.34. The van der Waals surface area contributed by atoms with Crippen molar-refractivity contribution in [1.29, 1.82) is 0 Å². The molecule has 0 aliphatic heterocycles. The molecule has 0 fully saturated rings. The van der Waals surface area contributed by atoms with Crippen molar-refractivity contribution in [3.63, 3.8) is 0 Å². The van der Waals surface area contributed by atoms with Gasteiger partial charge in [-0.1, -0.05) is 5.16 Å². The second-order valence-corrected chi connectivity index (χ2v) is 4.73. The van der Waals surface area contributed by atoms with Gasteiger partial charge in [0.2, 0.25) is 5.82 Å². The summed E-state index contributed by atoms with van der Waals surface area (Å²) in [6.45, 7) is 0. The molecule has 0 bridgehead atoms. The monoisotopic (exact) mass is 316 g/mol. The molecule has 19 heavy (non-hydrogen) atoms. The van der Waals surface area contributed by atoms with E-state index in [4.69, 9.17) is 10.3 Å². The number of nitrogens with two attached hydrogens (primary N) is 1. The number of nitrogens with zero attached hydrogens (tertiary/aromatic N) is 3. The molecular formula is C13H9BrN4O. The van der Waals surface area contributed by atoms with E-state index in [2.05, 4.69) is 31.1 Å². The van der Waals surface area contributed by atoms with Crippen molar-refractivity contribution < 1.29 is 4.52 Å². The predicted octanol–water partition coefficient (Wildman–Crippen LogP) is 3.14. The molecule has 0 atom stereocenters. The summed E-state index contributed by atoms with van der Waals surface area (Å²) in [6, 6.07) is 10.9. The quantitative estimate of drug-likeness (QED) is 0.735. The Kier molecular flexibility index (Phi) is 3.00. The smallest absolute Gasteiger partial charge is 0.258 e. The van der Waals surface area contributed by atoms with Gasteiger partial charge in [0.05, 0.1) is 0 Å². The van der Waals surface area contributed by atoms with Gasteiger partial charge in [0, 0.05) is 21.9 Å². The van der Waals surface area contributed by atoms with Gasteiger partial charge in [-0.3, -0.25) is 4.98 Å². The average molecular weight is 317 g/mol. The van der Waals surface area contributed by atoms with E-state index in [9.17, 15) is 0 Å². The number of anilines is 1. The van der Waals surface area contributed by atoms with Crippen LogP contribution in [0.1, 0.15) is 0 Å². The van der Waals surface area contributed by atoms with Crippen LogP contribution < -0.4 is 5.73 Å². The fraction of sp³-hybridized carbons (Fsp3) is 0. The Morgan fingerprint density at radius 3 is 2.63 bits per heavy atom. The molecule has 2 aromatic heterocycles. The van der Waals surface area contributed by atoms with E-state index >= 15 is 0 Å². The Labute approximate surface area is 117 Å². The van der Waals surface area contributed by atoms with Crippen molar-refractivity contribution >= 4 is 21.6 Å². The summed E-state index contributed by atoms with van der Waals surface area (Å²) in [5, 5.41) is 3.94. The minimum absolute atomic E-state index is 0.438. The molecule has 6 heteroatoms. The van der Waals surface area contributed by atoms with Crippen LogP contribution in [-0.4, -0.2) is 15.1 Å². The van der Waals surface area contributed by atoms with Gasteiger partial charge in [0.15, 0.2) is 0 Å². The van der Waals surface area contributed by atoms with Crippen LogP contribution in [-0.2, 0) is 0 Å². The highest BCUT2D eigenvalue weighted by Crippen LogP contribution is 2.26. The maximum Gasteiger partial charge on any atom is 0.258 e. The fourth-order valence-corrected chi connectivity index (χ4v) is 2.05. The zero-order valence-electron chi connectivity index (χ0n) is 9.75. The lowest BCUT2D eigenvalue weighted by Gasteiger charge is -1.96. The number of pyridine rings is 1. The van der Waals surface area contributed by atoms with E-state index in [-0.39, 0.29) is 0 Å². The van der Waals surface area contributed by atoms with Crippen molar-refractivity contribution in [1.82, 2.24) is 15.1 Å². The molecule has 0 aliphatic carbocycles. The van der Waals surface area contributed by atoms with E-state index in [0.717, 1.165) is 10.0 Å². The molecule has 0 saturated heterocycles. The highest BCUT2D eigenvalue weighted by molar-refractivity contribution is 9.10. The molecule has 0 aliphatic rings. The first kappa shape index (κ1) is 11.9. The second-order valence-electron chi connectivity index (χ2n) is 3.88. The Balaban J connectivity index is 2.00. The Morgan fingerprint density at radius 1 is 1.11 bits per heavy atom. The van der Waals surface area contributed by atoms with Gasteiger partial charge in [-0.25, -0.2) is 0 Å². The summed E-state index contributed by atoms with van der Waals surface area (Å²) in [6.07, 6.45) is 1.68. The Bertz CT molecular complexity index is 709. The highest BCUT2D eigenvalue weighted by atomic mass is 79.9. The highest BCUT2D eigenvalue weighted by Gasteiger charge is 2.13. The maximum absolute atomic E-state index is 5.64. The van der Waals surface area contributed by atoms with E-state index < -0.39 is 0 Å². The summed E-state index contributed by atoms with van der Waals surface area (Å²) in [4.78, 5) is 8.55. The van der Waals surface area contributed by atoms with Gasteiger partial charge in [0.1, 0.15) is 5.69 Å². The van der Waals surface area contributed by atoms with Crippen molar-refractivity contribution in [3.8, 4) is 23.0 Å². The van der Waals surface area contributed by atoms with Crippen LogP contribution in [0.5, 0.6) is 0 Å². The number of benzene rings is 1. The lowest BCUT2D eigenvalue weighted by atomic mass is 10.2. The van der Waals surface area contributed by atoms with Crippen LogP contribution >= 0.6 is 15.9 Å². The van der Waals surface area contributed by atoms with E-state index in [0.29, 0.717) is 23.1 Å². The lowest BCUT2D eigenvalue weighted by Crippen LogP contribution is -1.87. The Hall–Kier alpha value is -2.21. The summed E-state index contributed by atoms with van der Waals surface area (Å²) in [5.74, 6) is 0.881. The van der Waals surface area contributed by atoms with E-state index in [1.165, 1.54) is 0 Å². The van der Waals surface area contributed by atoms with Gasteiger partial charge in [-0.15, -0.1) is 0 Å². The molecule has 0 amide bonds. The zero-order valence-corrected chi connectivity index (χ0v) is 11.3. The number of halogens is 1. The predicted molar refractivity (Wildman–Crippen MR) is 75.1 cm³/mol. The van der Waals surface area contributed by atoms with Crippen molar-refractivity contribution in [3.05, 3.63) is 47.1 Å². The van der Waals surface area contributed by atoms with Crippen molar-refractivity contribution in [2.24, 2.45) is 0 Å². The molecule has 0 saturated carbocycles. The SMILES string of the molecule is Nc1ccc(-c2nc(-c3ncccc3Br)no2)cc1. The van der Waals surface area contributed by atoms with Gasteiger partial charge < -0.3 is 10.3 Å². The molecule has 2 heterocycles. The lowest BCUT2D eigenvalue weighted by molar-refractivity contribution is 0.432. The molecule has 2 N–H and O–H groups in total. The molecule has 0 radical (unpaired) electrons. The molecule has 0 unspecified atom stereocenters. The molecule has 1 aromatic carbocycles. The molecule has 94 valence electrons. The third-order valence-electron chi connectivity index (χ3n) is 2.55. The number of rotatable bonds is 2. The summed E-state index contributed by atoms with van der Waals surface area (Å²) < 4.78 is 6.06. The largest absolute Gasteiger partial charge is 0.399 e. The van der Waals surface area contributed by atoms with Crippen LogP contribution in [0.2, 0.25) is 0 Å². The van der Waals surface area contributed by atoms with E-state index in [1.54, 1.807) is 18.3 Å². The topological polar surface area (TPSA) is 77.8 Å². The van der Waals surface area contributed by atoms with Gasteiger partial charge in [-0.2, -0.15) is 4.98 Å².